The average molecular weight is 419 g/mol. The number of rotatable bonds is 4. The molecule has 0 spiro atoms. The molecule has 0 saturated heterocycles. The fourth-order valence-electron chi connectivity index (χ4n) is 3.32. The quantitative estimate of drug-likeness (QED) is 0.469. The van der Waals surface area contributed by atoms with E-state index < -0.39 is 9.71 Å². The second-order valence-corrected chi connectivity index (χ2v) is 10.6. The van der Waals surface area contributed by atoms with Crippen LogP contribution >= 0.6 is 0 Å². The molecule has 0 fully saturated rings. The molecule has 0 radical (unpaired) electrons. The molecule has 2 heterocycles. The molecule has 30 heavy (non-hydrogen) atoms. The van der Waals surface area contributed by atoms with E-state index in [1.54, 1.807) is 16.8 Å². The van der Waals surface area contributed by atoms with Crippen LogP contribution in [0.25, 0.3) is 16.9 Å². The summed E-state index contributed by atoms with van der Waals surface area (Å²) in [5.74, 6) is 4.55. The maximum atomic E-state index is 13.4. The summed E-state index contributed by atoms with van der Waals surface area (Å²) in [6, 6.07) is 19.6. The molecule has 4 rings (SSSR count). The maximum Gasteiger partial charge on any atom is 0.157 e. The number of hydrogen-bond acceptors (Lipinski definition) is 3. The monoisotopic (exact) mass is 418 g/mol. The van der Waals surface area contributed by atoms with Gasteiger partial charge in [0.1, 0.15) is 5.82 Å². The van der Waals surface area contributed by atoms with Crippen molar-refractivity contribution in [2.75, 3.05) is 4.72 Å². The van der Waals surface area contributed by atoms with Crippen LogP contribution in [0, 0.1) is 6.92 Å². The van der Waals surface area contributed by atoms with Crippen LogP contribution in [0.5, 0.6) is 0 Å². The lowest BCUT2D eigenvalue weighted by atomic mass is 9.87. The van der Waals surface area contributed by atoms with E-state index in [1.807, 2.05) is 55.5 Å². The van der Waals surface area contributed by atoms with Gasteiger partial charge in [-0.3, -0.25) is 4.72 Å². The van der Waals surface area contributed by atoms with E-state index in [-0.39, 0.29) is 5.41 Å². The summed E-state index contributed by atoms with van der Waals surface area (Å²) in [7, 11) is -2.77. The van der Waals surface area contributed by atoms with E-state index in [4.69, 9.17) is 0 Å². The second-order valence-electron chi connectivity index (χ2n) is 8.55. The van der Waals surface area contributed by atoms with E-state index in [0.29, 0.717) is 16.4 Å². The van der Waals surface area contributed by atoms with Gasteiger partial charge in [-0.05, 0) is 48.0 Å². The smallest absolute Gasteiger partial charge is 0.157 e. The SMILES string of the molecule is C=S(=O)(Nc1ccnc2cc(-c3cccc(C)c3)nn12)c1ccc(C(C)(C)C)cc1. The number of nitrogens with one attached hydrogen (secondary N) is 1. The van der Waals surface area contributed by atoms with Crippen molar-refractivity contribution < 1.29 is 4.21 Å². The third-order valence-electron chi connectivity index (χ3n) is 5.04. The van der Waals surface area contributed by atoms with Gasteiger partial charge in [0, 0.05) is 22.7 Å². The summed E-state index contributed by atoms with van der Waals surface area (Å²) in [6.07, 6.45) is 1.68. The van der Waals surface area contributed by atoms with Crippen molar-refractivity contribution in [3.63, 3.8) is 0 Å². The highest BCUT2D eigenvalue weighted by Crippen LogP contribution is 2.25. The molecule has 1 N–H and O–H groups in total. The summed E-state index contributed by atoms with van der Waals surface area (Å²) >= 11 is 0. The van der Waals surface area contributed by atoms with Gasteiger partial charge in [0.15, 0.2) is 5.65 Å². The van der Waals surface area contributed by atoms with Crippen molar-refractivity contribution in [3.05, 3.63) is 78.0 Å². The van der Waals surface area contributed by atoms with Crippen LogP contribution in [-0.4, -0.2) is 24.7 Å². The molecule has 0 aliphatic rings. The van der Waals surface area contributed by atoms with E-state index >= 15 is 0 Å². The van der Waals surface area contributed by atoms with Crippen molar-refractivity contribution in [2.45, 2.75) is 38.0 Å². The van der Waals surface area contributed by atoms with Gasteiger partial charge in [-0.25, -0.2) is 9.19 Å². The molecule has 2 aromatic heterocycles. The fourth-order valence-corrected chi connectivity index (χ4v) is 4.51. The average Bonchev–Trinajstić information content (AvgIpc) is 3.13. The Morgan fingerprint density at radius 2 is 1.77 bits per heavy atom. The van der Waals surface area contributed by atoms with Gasteiger partial charge >= 0.3 is 0 Å². The van der Waals surface area contributed by atoms with Gasteiger partial charge in [-0.2, -0.15) is 9.61 Å². The third kappa shape index (κ3) is 3.96. The van der Waals surface area contributed by atoms with Gasteiger partial charge in [-0.15, -0.1) is 0 Å². The minimum Gasteiger partial charge on any atom is -0.293 e. The van der Waals surface area contributed by atoms with Crippen LogP contribution in [-0.2, 0) is 15.1 Å². The molecule has 4 aromatic rings. The van der Waals surface area contributed by atoms with Gasteiger partial charge < -0.3 is 0 Å². The highest BCUT2D eigenvalue weighted by atomic mass is 32.2. The molecule has 0 saturated carbocycles. The fraction of sp³-hybridized carbons (Fsp3) is 0.208. The summed E-state index contributed by atoms with van der Waals surface area (Å²) in [4.78, 5) is 5.04. The van der Waals surface area contributed by atoms with E-state index in [2.05, 4.69) is 47.5 Å². The lowest BCUT2D eigenvalue weighted by molar-refractivity contribution is 0.589. The molecule has 1 unspecified atom stereocenters. The summed E-state index contributed by atoms with van der Waals surface area (Å²) in [5, 5.41) is 4.69. The number of fused-ring (bicyclic) bond motifs is 1. The Kier molecular flexibility index (Phi) is 4.90. The number of hydrogen-bond donors (Lipinski definition) is 1. The minimum atomic E-state index is -2.77. The third-order valence-corrected chi connectivity index (χ3v) is 6.61. The number of aryl methyl sites for hydroxylation is 1. The maximum absolute atomic E-state index is 13.4. The van der Waals surface area contributed by atoms with Gasteiger partial charge in [-0.1, -0.05) is 56.7 Å². The summed E-state index contributed by atoms with van der Waals surface area (Å²) in [6.45, 7) is 8.50. The predicted molar refractivity (Wildman–Crippen MR) is 125 cm³/mol. The van der Waals surface area contributed by atoms with Crippen LogP contribution in [0.15, 0.2) is 71.8 Å². The van der Waals surface area contributed by atoms with Crippen LogP contribution in [0.2, 0.25) is 0 Å². The largest absolute Gasteiger partial charge is 0.293 e. The first-order valence-corrected chi connectivity index (χ1v) is 11.5. The zero-order valence-electron chi connectivity index (χ0n) is 17.7. The summed E-state index contributed by atoms with van der Waals surface area (Å²) in [5.41, 5.74) is 4.88. The normalized spacial score (nSPS) is 13.9. The summed E-state index contributed by atoms with van der Waals surface area (Å²) < 4.78 is 18.2. The Hall–Kier alpha value is -3.12. The number of aromatic nitrogens is 3. The predicted octanol–water partition coefficient (Wildman–Crippen LogP) is 5.10. The van der Waals surface area contributed by atoms with Crippen molar-refractivity contribution in [2.24, 2.45) is 0 Å². The molecule has 2 aromatic carbocycles. The number of nitrogens with zero attached hydrogens (tertiary/aromatic N) is 3. The van der Waals surface area contributed by atoms with Crippen LogP contribution in [0.4, 0.5) is 5.82 Å². The standard InChI is InChI=1S/C24H26N4OS/c1-17-7-6-8-18(15-17)21-16-23-25-14-13-22(28(23)26-21)27-30(5,29)20-11-9-19(10-12-20)24(2,3)4/h6-16H,5H2,1-4H3,(H,27,29). The number of benzene rings is 2. The molecule has 5 nitrogen and oxygen atoms in total. The molecule has 0 amide bonds. The van der Waals surface area contributed by atoms with Gasteiger partial charge in [0.2, 0.25) is 0 Å². The molecule has 6 heteroatoms. The lowest BCUT2D eigenvalue weighted by Gasteiger charge is -2.20. The van der Waals surface area contributed by atoms with Crippen molar-refractivity contribution in [1.29, 1.82) is 0 Å². The Bertz CT molecular complexity index is 1310. The second kappa shape index (κ2) is 7.29. The number of anilines is 1. The molecule has 0 aliphatic carbocycles. The van der Waals surface area contributed by atoms with Crippen LogP contribution < -0.4 is 4.72 Å². The van der Waals surface area contributed by atoms with Crippen molar-refractivity contribution >= 4 is 27.0 Å². The Morgan fingerprint density at radius 1 is 1.03 bits per heavy atom. The molecule has 1 atom stereocenters. The molecular formula is C24H26N4OS. The van der Waals surface area contributed by atoms with E-state index in [9.17, 15) is 4.21 Å². The molecule has 0 aliphatic heterocycles. The van der Waals surface area contributed by atoms with Crippen LogP contribution in [0.3, 0.4) is 0 Å². The van der Waals surface area contributed by atoms with Gasteiger partial charge in [0.05, 0.1) is 15.4 Å². The van der Waals surface area contributed by atoms with Crippen LogP contribution in [0.1, 0.15) is 31.9 Å². The highest BCUT2D eigenvalue weighted by Gasteiger charge is 2.16. The first kappa shape index (κ1) is 20.2. The van der Waals surface area contributed by atoms with E-state index in [0.717, 1.165) is 16.8 Å². The first-order valence-electron chi connectivity index (χ1n) is 9.81. The topological polar surface area (TPSA) is 59.3 Å². The lowest BCUT2D eigenvalue weighted by Crippen LogP contribution is -2.16. The van der Waals surface area contributed by atoms with Gasteiger partial charge in [0.25, 0.3) is 0 Å². The molecular weight excluding hydrogens is 392 g/mol. The Morgan fingerprint density at radius 3 is 2.43 bits per heavy atom. The molecule has 0 bridgehead atoms. The molecule has 154 valence electrons. The Labute approximate surface area is 177 Å². The Balaban J connectivity index is 1.69. The minimum absolute atomic E-state index is 0.0342. The van der Waals surface area contributed by atoms with Crippen molar-refractivity contribution in [1.82, 2.24) is 14.6 Å². The zero-order valence-corrected chi connectivity index (χ0v) is 18.5. The highest BCUT2D eigenvalue weighted by molar-refractivity contribution is 8.01. The van der Waals surface area contributed by atoms with E-state index in [1.165, 1.54) is 5.56 Å². The zero-order chi connectivity index (χ0) is 21.5. The van der Waals surface area contributed by atoms with Crippen molar-refractivity contribution in [3.8, 4) is 11.3 Å². The first-order chi connectivity index (χ1) is 14.1.